The fraction of sp³-hybridized carbons (Fsp3) is 0.500. The van der Waals surface area contributed by atoms with E-state index in [1.807, 2.05) is 31.2 Å². The normalized spacial score (nSPS) is 12.7. The maximum atomic E-state index is 9.84. The number of likely N-dealkylation sites (N-methyl/N-ethyl adjacent to an activating group) is 1. The van der Waals surface area contributed by atoms with Crippen LogP contribution in [-0.4, -0.2) is 25.3 Å². The fourth-order valence-corrected chi connectivity index (χ4v) is 1.46. The molecule has 1 aromatic carbocycles. The third kappa shape index (κ3) is 4.00. The highest BCUT2D eigenvalue weighted by Gasteiger charge is 2.06. The van der Waals surface area contributed by atoms with Crippen LogP contribution < -0.4 is 5.32 Å². The van der Waals surface area contributed by atoms with Gasteiger partial charge in [-0.25, -0.2) is 0 Å². The summed E-state index contributed by atoms with van der Waals surface area (Å²) in [6.07, 6.45) is -0.443. The number of aliphatic hydroxyl groups excluding tert-OH is 1. The molecule has 15 heavy (non-hydrogen) atoms. The Morgan fingerprint density at radius 1 is 1.47 bits per heavy atom. The minimum Gasteiger partial charge on any atom is -0.387 e. The van der Waals surface area contributed by atoms with Crippen molar-refractivity contribution in [2.24, 2.45) is 0 Å². The molecule has 0 aromatic heterocycles. The van der Waals surface area contributed by atoms with E-state index in [-0.39, 0.29) is 0 Å². The Balaban J connectivity index is 2.62. The number of nitrogens with one attached hydrogen (secondary N) is 1. The second-order valence-electron chi connectivity index (χ2n) is 3.50. The maximum Gasteiger partial charge on any atom is 0.0914 e. The molecule has 1 atom stereocenters. The van der Waals surface area contributed by atoms with Gasteiger partial charge in [0, 0.05) is 13.7 Å². The summed E-state index contributed by atoms with van der Waals surface area (Å²) in [6, 6.07) is 7.85. The molecule has 0 spiro atoms. The lowest BCUT2D eigenvalue weighted by atomic mass is 10.1. The van der Waals surface area contributed by atoms with E-state index in [1.54, 1.807) is 7.11 Å². The molecule has 0 aliphatic rings. The van der Waals surface area contributed by atoms with Crippen LogP contribution in [0.15, 0.2) is 24.3 Å². The van der Waals surface area contributed by atoms with Crippen molar-refractivity contribution in [3.05, 3.63) is 35.4 Å². The predicted octanol–water partition coefficient (Wildman–Crippen LogP) is 1.48. The third-order valence-corrected chi connectivity index (χ3v) is 2.23. The Labute approximate surface area is 91.1 Å². The van der Waals surface area contributed by atoms with E-state index >= 15 is 0 Å². The Morgan fingerprint density at radius 3 is 2.93 bits per heavy atom. The highest BCUT2D eigenvalue weighted by atomic mass is 16.5. The average Bonchev–Trinajstić information content (AvgIpc) is 2.27. The molecule has 0 fully saturated rings. The number of hydrogen-bond donors (Lipinski definition) is 2. The number of benzene rings is 1. The first-order valence-electron chi connectivity index (χ1n) is 5.24. The number of rotatable bonds is 6. The molecule has 0 saturated heterocycles. The van der Waals surface area contributed by atoms with E-state index in [0.29, 0.717) is 13.2 Å². The monoisotopic (exact) mass is 209 g/mol. The predicted molar refractivity (Wildman–Crippen MR) is 60.7 cm³/mol. The summed E-state index contributed by atoms with van der Waals surface area (Å²) in [5.74, 6) is 0. The lowest BCUT2D eigenvalue weighted by molar-refractivity contribution is 0.173. The standard InChI is InChI=1S/C12H19NO2/c1-3-13-8-12(14)11-6-4-5-10(7-11)9-15-2/h4-7,12-14H,3,8-9H2,1-2H3. The van der Waals surface area contributed by atoms with E-state index in [9.17, 15) is 5.11 Å². The quantitative estimate of drug-likeness (QED) is 0.745. The summed E-state index contributed by atoms with van der Waals surface area (Å²) < 4.78 is 5.05. The summed E-state index contributed by atoms with van der Waals surface area (Å²) in [4.78, 5) is 0. The largest absolute Gasteiger partial charge is 0.387 e. The molecule has 0 aliphatic carbocycles. The van der Waals surface area contributed by atoms with Gasteiger partial charge in [-0.1, -0.05) is 31.2 Å². The minimum absolute atomic E-state index is 0.443. The van der Waals surface area contributed by atoms with E-state index in [2.05, 4.69) is 5.32 Å². The maximum absolute atomic E-state index is 9.84. The van der Waals surface area contributed by atoms with E-state index < -0.39 is 6.10 Å². The second-order valence-corrected chi connectivity index (χ2v) is 3.50. The van der Waals surface area contributed by atoms with E-state index in [0.717, 1.165) is 17.7 Å². The van der Waals surface area contributed by atoms with Crippen molar-refractivity contribution >= 4 is 0 Å². The van der Waals surface area contributed by atoms with E-state index in [1.165, 1.54) is 0 Å². The van der Waals surface area contributed by atoms with Gasteiger partial charge < -0.3 is 15.2 Å². The van der Waals surface area contributed by atoms with Gasteiger partial charge in [-0.05, 0) is 17.7 Å². The van der Waals surface area contributed by atoms with Crippen LogP contribution in [0.3, 0.4) is 0 Å². The molecule has 1 unspecified atom stereocenters. The molecule has 3 heteroatoms. The smallest absolute Gasteiger partial charge is 0.0914 e. The lowest BCUT2D eigenvalue weighted by Crippen LogP contribution is -2.20. The van der Waals surface area contributed by atoms with Gasteiger partial charge in [0.15, 0.2) is 0 Å². The van der Waals surface area contributed by atoms with Crippen LogP contribution in [0, 0.1) is 0 Å². The molecule has 3 nitrogen and oxygen atoms in total. The second kappa shape index (κ2) is 6.56. The molecule has 2 N–H and O–H groups in total. The van der Waals surface area contributed by atoms with Gasteiger partial charge in [0.1, 0.15) is 0 Å². The summed E-state index contributed by atoms with van der Waals surface area (Å²) in [5.41, 5.74) is 2.02. The van der Waals surface area contributed by atoms with Crippen LogP contribution in [0.4, 0.5) is 0 Å². The number of ether oxygens (including phenoxy) is 1. The minimum atomic E-state index is -0.443. The van der Waals surface area contributed by atoms with Crippen molar-refractivity contribution in [2.75, 3.05) is 20.2 Å². The van der Waals surface area contributed by atoms with Gasteiger partial charge in [-0.15, -0.1) is 0 Å². The Bertz CT molecular complexity index is 289. The number of methoxy groups -OCH3 is 1. The van der Waals surface area contributed by atoms with E-state index in [4.69, 9.17) is 4.74 Å². The zero-order valence-corrected chi connectivity index (χ0v) is 9.36. The zero-order valence-electron chi connectivity index (χ0n) is 9.36. The lowest BCUT2D eigenvalue weighted by Gasteiger charge is -2.12. The van der Waals surface area contributed by atoms with Crippen molar-refractivity contribution < 1.29 is 9.84 Å². The van der Waals surface area contributed by atoms with Crippen molar-refractivity contribution in [2.45, 2.75) is 19.6 Å². The first-order valence-corrected chi connectivity index (χ1v) is 5.24. The molecule has 0 radical (unpaired) electrons. The third-order valence-electron chi connectivity index (χ3n) is 2.23. The van der Waals surface area contributed by atoms with Crippen LogP contribution in [0.25, 0.3) is 0 Å². The molecule has 0 heterocycles. The van der Waals surface area contributed by atoms with Crippen LogP contribution >= 0.6 is 0 Å². The van der Waals surface area contributed by atoms with Gasteiger partial charge in [0.2, 0.25) is 0 Å². The van der Waals surface area contributed by atoms with Gasteiger partial charge in [-0.2, -0.15) is 0 Å². The van der Waals surface area contributed by atoms with Crippen LogP contribution in [-0.2, 0) is 11.3 Å². The molecule has 84 valence electrons. The Hall–Kier alpha value is -0.900. The average molecular weight is 209 g/mol. The van der Waals surface area contributed by atoms with Gasteiger partial charge >= 0.3 is 0 Å². The Kier molecular flexibility index (Phi) is 5.32. The first kappa shape index (κ1) is 12.2. The first-order chi connectivity index (χ1) is 7.27. The Morgan fingerprint density at radius 2 is 2.27 bits per heavy atom. The van der Waals surface area contributed by atoms with Gasteiger partial charge in [-0.3, -0.25) is 0 Å². The zero-order chi connectivity index (χ0) is 11.1. The van der Waals surface area contributed by atoms with Crippen molar-refractivity contribution in [3.63, 3.8) is 0 Å². The SMILES string of the molecule is CCNCC(O)c1cccc(COC)c1. The highest BCUT2D eigenvalue weighted by Crippen LogP contribution is 2.14. The van der Waals surface area contributed by atoms with Crippen molar-refractivity contribution in [3.8, 4) is 0 Å². The number of hydrogen-bond acceptors (Lipinski definition) is 3. The van der Waals surface area contributed by atoms with Gasteiger partial charge in [0.25, 0.3) is 0 Å². The summed E-state index contributed by atoms with van der Waals surface area (Å²) in [6.45, 7) is 4.07. The van der Waals surface area contributed by atoms with Crippen LogP contribution in [0.2, 0.25) is 0 Å². The van der Waals surface area contributed by atoms with Crippen LogP contribution in [0.5, 0.6) is 0 Å². The molecule has 0 amide bonds. The summed E-state index contributed by atoms with van der Waals surface area (Å²) in [5, 5.41) is 13.0. The summed E-state index contributed by atoms with van der Waals surface area (Å²) in [7, 11) is 1.67. The fourth-order valence-electron chi connectivity index (χ4n) is 1.46. The number of aliphatic hydroxyl groups is 1. The van der Waals surface area contributed by atoms with Crippen molar-refractivity contribution in [1.82, 2.24) is 5.32 Å². The molecule has 0 aliphatic heterocycles. The molecule has 0 bridgehead atoms. The molecule has 0 saturated carbocycles. The molecular formula is C12H19NO2. The molecule has 1 rings (SSSR count). The molecular weight excluding hydrogens is 190 g/mol. The van der Waals surface area contributed by atoms with Crippen LogP contribution in [0.1, 0.15) is 24.2 Å². The highest BCUT2D eigenvalue weighted by molar-refractivity contribution is 5.24. The summed E-state index contributed by atoms with van der Waals surface area (Å²) >= 11 is 0. The topological polar surface area (TPSA) is 41.5 Å². The van der Waals surface area contributed by atoms with Gasteiger partial charge in [0.05, 0.1) is 12.7 Å². The molecule has 1 aromatic rings. The van der Waals surface area contributed by atoms with Crippen molar-refractivity contribution in [1.29, 1.82) is 0 Å².